The number of hydrogen-bond acceptors (Lipinski definition) is 5. The maximum atomic E-state index is 11.3. The first-order valence-electron chi connectivity index (χ1n) is 6.07. The summed E-state index contributed by atoms with van der Waals surface area (Å²) in [5.74, 6) is 1.60. The van der Waals surface area contributed by atoms with Crippen LogP contribution in [0.5, 0.6) is 0 Å². The van der Waals surface area contributed by atoms with E-state index in [0.717, 1.165) is 29.4 Å². The second-order valence-corrected chi connectivity index (χ2v) is 5.03. The van der Waals surface area contributed by atoms with E-state index in [-0.39, 0.29) is 5.56 Å². The van der Waals surface area contributed by atoms with Crippen LogP contribution in [0.15, 0.2) is 34.3 Å². The molecule has 0 aliphatic heterocycles. The quantitative estimate of drug-likeness (QED) is 0.647. The maximum Gasteiger partial charge on any atom is 0.251 e. The Hall–Kier alpha value is -1.82. The molecule has 0 aliphatic rings. The van der Waals surface area contributed by atoms with Crippen LogP contribution in [0, 0.1) is 6.92 Å². The Morgan fingerprint density at radius 1 is 1.42 bits per heavy atom. The molecule has 0 bridgehead atoms. The number of nitrogens with one attached hydrogen (secondary N) is 2. The molecule has 0 unspecified atom stereocenters. The number of rotatable bonds is 5. The highest BCUT2D eigenvalue weighted by Crippen LogP contribution is 2.18. The number of aromatic nitrogens is 3. The molecular formula is C13H16N4OS. The Bertz CT molecular complexity index is 594. The summed E-state index contributed by atoms with van der Waals surface area (Å²) < 4.78 is 0. The van der Waals surface area contributed by atoms with Crippen LogP contribution >= 0.6 is 11.8 Å². The first-order chi connectivity index (χ1) is 9.17. The highest BCUT2D eigenvalue weighted by atomic mass is 32.2. The van der Waals surface area contributed by atoms with Gasteiger partial charge in [0.25, 0.3) is 5.56 Å². The molecule has 0 fully saturated rings. The zero-order valence-corrected chi connectivity index (χ0v) is 11.8. The van der Waals surface area contributed by atoms with Crippen molar-refractivity contribution < 1.29 is 0 Å². The highest BCUT2D eigenvalue weighted by molar-refractivity contribution is 7.98. The summed E-state index contributed by atoms with van der Waals surface area (Å²) in [6.45, 7) is 4.70. The summed E-state index contributed by atoms with van der Waals surface area (Å²) in [6, 6.07) is 5.45. The Balaban J connectivity index is 1.99. The van der Waals surface area contributed by atoms with E-state index >= 15 is 0 Å². The highest BCUT2D eigenvalue weighted by Gasteiger charge is 2.01. The SMILES string of the molecule is CCNc1ccc(CSc2nc(C)cc(=O)[nH]2)cn1. The van der Waals surface area contributed by atoms with Crippen molar-refractivity contribution in [2.45, 2.75) is 24.8 Å². The second-order valence-electron chi connectivity index (χ2n) is 4.06. The average molecular weight is 276 g/mol. The second kappa shape index (κ2) is 6.38. The Morgan fingerprint density at radius 2 is 2.26 bits per heavy atom. The van der Waals surface area contributed by atoms with Gasteiger partial charge in [-0.3, -0.25) is 4.79 Å². The standard InChI is InChI=1S/C13H16N4OS/c1-3-14-11-5-4-10(7-15-11)8-19-13-16-9(2)6-12(18)17-13/h4-7H,3,8H2,1-2H3,(H,14,15)(H,16,17,18). The van der Waals surface area contributed by atoms with E-state index in [9.17, 15) is 4.79 Å². The smallest absolute Gasteiger partial charge is 0.251 e. The lowest BCUT2D eigenvalue weighted by atomic mass is 10.3. The van der Waals surface area contributed by atoms with Gasteiger partial charge in [0.05, 0.1) is 0 Å². The van der Waals surface area contributed by atoms with Crippen LogP contribution in [-0.4, -0.2) is 21.5 Å². The number of pyridine rings is 1. The molecule has 0 aromatic carbocycles. The van der Waals surface area contributed by atoms with Gasteiger partial charge in [-0.2, -0.15) is 0 Å². The van der Waals surface area contributed by atoms with Crippen LogP contribution in [0.25, 0.3) is 0 Å². The van der Waals surface area contributed by atoms with Gasteiger partial charge in [-0.1, -0.05) is 17.8 Å². The molecule has 2 aromatic heterocycles. The van der Waals surface area contributed by atoms with Gasteiger partial charge in [-0.15, -0.1) is 0 Å². The summed E-state index contributed by atoms with van der Waals surface area (Å²) in [7, 11) is 0. The third-order valence-electron chi connectivity index (χ3n) is 2.41. The number of nitrogens with zero attached hydrogens (tertiary/aromatic N) is 2. The molecular weight excluding hydrogens is 260 g/mol. The summed E-state index contributed by atoms with van der Waals surface area (Å²) >= 11 is 1.49. The van der Waals surface area contributed by atoms with Gasteiger partial charge in [0.15, 0.2) is 5.16 Å². The summed E-state index contributed by atoms with van der Waals surface area (Å²) in [6.07, 6.45) is 1.83. The van der Waals surface area contributed by atoms with Gasteiger partial charge in [0, 0.05) is 30.3 Å². The van der Waals surface area contributed by atoms with Crippen LogP contribution in [0.2, 0.25) is 0 Å². The molecule has 0 aliphatic carbocycles. The molecule has 5 nitrogen and oxygen atoms in total. The minimum atomic E-state index is -0.115. The van der Waals surface area contributed by atoms with E-state index in [1.165, 1.54) is 17.8 Å². The topological polar surface area (TPSA) is 70.7 Å². The van der Waals surface area contributed by atoms with E-state index in [0.29, 0.717) is 5.16 Å². The normalized spacial score (nSPS) is 10.4. The van der Waals surface area contributed by atoms with Crippen molar-refractivity contribution >= 4 is 17.6 Å². The number of aromatic amines is 1. The van der Waals surface area contributed by atoms with Gasteiger partial charge < -0.3 is 10.3 Å². The Kier molecular flexibility index (Phi) is 4.57. The fourth-order valence-corrected chi connectivity index (χ4v) is 2.42. The van der Waals surface area contributed by atoms with Crippen molar-refractivity contribution in [3.05, 3.63) is 46.0 Å². The van der Waals surface area contributed by atoms with Crippen molar-refractivity contribution in [2.24, 2.45) is 0 Å². The molecule has 0 saturated heterocycles. The molecule has 6 heteroatoms. The van der Waals surface area contributed by atoms with Crippen molar-refractivity contribution in [2.75, 3.05) is 11.9 Å². The number of hydrogen-bond donors (Lipinski definition) is 2. The number of H-pyrrole nitrogens is 1. The zero-order chi connectivity index (χ0) is 13.7. The zero-order valence-electron chi connectivity index (χ0n) is 10.9. The van der Waals surface area contributed by atoms with Crippen LogP contribution in [0.3, 0.4) is 0 Å². The Morgan fingerprint density at radius 3 is 2.89 bits per heavy atom. The summed E-state index contributed by atoms with van der Waals surface area (Å²) in [4.78, 5) is 22.6. The molecule has 0 spiro atoms. The fourth-order valence-electron chi connectivity index (χ4n) is 1.57. The average Bonchev–Trinajstić information content (AvgIpc) is 2.37. The van der Waals surface area contributed by atoms with E-state index in [1.54, 1.807) is 0 Å². The van der Waals surface area contributed by atoms with Crippen LogP contribution in [-0.2, 0) is 5.75 Å². The molecule has 100 valence electrons. The Labute approximate surface area is 115 Å². The van der Waals surface area contributed by atoms with E-state index in [1.807, 2.05) is 32.2 Å². The van der Waals surface area contributed by atoms with Gasteiger partial charge in [-0.25, -0.2) is 9.97 Å². The first-order valence-corrected chi connectivity index (χ1v) is 7.05. The van der Waals surface area contributed by atoms with Crippen molar-refractivity contribution in [1.29, 1.82) is 0 Å². The third-order valence-corrected chi connectivity index (χ3v) is 3.35. The summed E-state index contributed by atoms with van der Waals surface area (Å²) in [5.41, 5.74) is 1.71. The molecule has 2 aromatic rings. The van der Waals surface area contributed by atoms with E-state index in [4.69, 9.17) is 0 Å². The molecule has 0 amide bonds. The number of thioether (sulfide) groups is 1. The fraction of sp³-hybridized carbons (Fsp3) is 0.308. The predicted octanol–water partition coefficient (Wildman–Crippen LogP) is 2.20. The molecule has 19 heavy (non-hydrogen) atoms. The molecule has 2 heterocycles. The molecule has 0 radical (unpaired) electrons. The molecule has 2 N–H and O–H groups in total. The molecule has 0 saturated carbocycles. The van der Waals surface area contributed by atoms with Crippen LogP contribution < -0.4 is 10.9 Å². The van der Waals surface area contributed by atoms with Crippen molar-refractivity contribution in [3.63, 3.8) is 0 Å². The monoisotopic (exact) mass is 276 g/mol. The molecule has 2 rings (SSSR count). The first kappa shape index (κ1) is 13.6. The van der Waals surface area contributed by atoms with Crippen molar-refractivity contribution in [3.8, 4) is 0 Å². The third kappa shape index (κ3) is 4.10. The number of aryl methyl sites for hydroxylation is 1. The predicted molar refractivity (Wildman–Crippen MR) is 77.6 cm³/mol. The maximum absolute atomic E-state index is 11.3. The lowest BCUT2D eigenvalue weighted by Gasteiger charge is -2.04. The van der Waals surface area contributed by atoms with Crippen molar-refractivity contribution in [1.82, 2.24) is 15.0 Å². The van der Waals surface area contributed by atoms with E-state index < -0.39 is 0 Å². The minimum Gasteiger partial charge on any atom is -0.370 e. The summed E-state index contributed by atoms with van der Waals surface area (Å²) in [5, 5.41) is 3.79. The largest absolute Gasteiger partial charge is 0.370 e. The lowest BCUT2D eigenvalue weighted by Crippen LogP contribution is -2.08. The van der Waals surface area contributed by atoms with Gasteiger partial charge in [0.1, 0.15) is 5.82 Å². The molecule has 0 atom stereocenters. The van der Waals surface area contributed by atoms with Crippen LogP contribution in [0.1, 0.15) is 18.2 Å². The van der Waals surface area contributed by atoms with E-state index in [2.05, 4.69) is 20.3 Å². The van der Waals surface area contributed by atoms with Crippen LogP contribution in [0.4, 0.5) is 5.82 Å². The van der Waals surface area contributed by atoms with Gasteiger partial charge in [-0.05, 0) is 25.5 Å². The van der Waals surface area contributed by atoms with Gasteiger partial charge in [0.2, 0.25) is 0 Å². The van der Waals surface area contributed by atoms with Gasteiger partial charge >= 0.3 is 0 Å². The number of anilines is 1. The minimum absolute atomic E-state index is 0.115. The lowest BCUT2D eigenvalue weighted by molar-refractivity contribution is 0.905.